The van der Waals surface area contributed by atoms with Gasteiger partial charge in [0.2, 0.25) is 11.8 Å². The number of likely N-dealkylation sites (tertiary alicyclic amines) is 1. The van der Waals surface area contributed by atoms with Crippen molar-refractivity contribution >= 4 is 11.8 Å². The molecule has 0 aliphatic carbocycles. The smallest absolute Gasteiger partial charge is 0.247 e. The van der Waals surface area contributed by atoms with E-state index in [0.29, 0.717) is 24.5 Å². The van der Waals surface area contributed by atoms with E-state index < -0.39 is 0 Å². The first-order valence-electron chi connectivity index (χ1n) is 13.2. The van der Waals surface area contributed by atoms with E-state index in [-0.39, 0.29) is 30.3 Å². The second kappa shape index (κ2) is 11.8. The Labute approximate surface area is 224 Å². The number of benzene rings is 3. The zero-order valence-electron chi connectivity index (χ0n) is 22.1. The third kappa shape index (κ3) is 5.44. The number of piperazine rings is 1. The molecule has 0 spiro atoms. The van der Waals surface area contributed by atoms with E-state index in [4.69, 9.17) is 9.47 Å². The average molecular weight is 514 g/mol. The molecule has 7 heteroatoms. The number of imide groups is 1. The number of hydrogen-bond donors (Lipinski definition) is 0. The van der Waals surface area contributed by atoms with Crippen LogP contribution in [0.3, 0.4) is 0 Å². The van der Waals surface area contributed by atoms with Gasteiger partial charge in [0.15, 0.2) is 11.5 Å². The lowest BCUT2D eigenvalue weighted by atomic mass is 9.96. The van der Waals surface area contributed by atoms with Crippen molar-refractivity contribution in [2.24, 2.45) is 0 Å². The summed E-state index contributed by atoms with van der Waals surface area (Å²) < 4.78 is 10.7. The summed E-state index contributed by atoms with van der Waals surface area (Å²) in [6.45, 7) is 3.54. The van der Waals surface area contributed by atoms with Gasteiger partial charge in [-0.15, -0.1) is 0 Å². The highest BCUT2D eigenvalue weighted by Gasteiger charge is 2.42. The van der Waals surface area contributed by atoms with Crippen molar-refractivity contribution in [1.29, 1.82) is 0 Å². The Balaban J connectivity index is 1.22. The van der Waals surface area contributed by atoms with Crippen LogP contribution in [0.15, 0.2) is 78.9 Å². The molecule has 3 aromatic rings. The molecule has 2 amide bonds. The predicted octanol–water partition coefficient (Wildman–Crippen LogP) is 3.78. The Morgan fingerprint density at radius 2 is 1.39 bits per heavy atom. The van der Waals surface area contributed by atoms with Crippen LogP contribution in [0.5, 0.6) is 11.5 Å². The van der Waals surface area contributed by atoms with Gasteiger partial charge in [0.1, 0.15) is 0 Å². The van der Waals surface area contributed by atoms with Gasteiger partial charge in [-0.25, -0.2) is 0 Å². The lowest BCUT2D eigenvalue weighted by Gasteiger charge is -2.41. The molecule has 2 heterocycles. The molecule has 2 aliphatic heterocycles. The maximum absolute atomic E-state index is 13.3. The standard InChI is InChI=1S/C31H35N3O4/c1-37-27-14-13-23(21-28(27)38-2)15-16-34-29(35)22-26(31(34)36)32-17-19-33(20-18-32)30(24-9-5-3-6-10-24)25-11-7-4-8-12-25/h3-14,21,26,30H,15-20,22H2,1-2H3/t26-/m0/s1. The third-order valence-corrected chi connectivity index (χ3v) is 7.68. The second-order valence-corrected chi connectivity index (χ2v) is 9.84. The minimum Gasteiger partial charge on any atom is -0.493 e. The molecule has 5 rings (SSSR count). The molecule has 2 fully saturated rings. The van der Waals surface area contributed by atoms with Crippen molar-refractivity contribution in [2.75, 3.05) is 46.9 Å². The topological polar surface area (TPSA) is 62.3 Å². The number of ether oxygens (including phenoxy) is 2. The quantitative estimate of drug-likeness (QED) is 0.406. The van der Waals surface area contributed by atoms with Crippen LogP contribution >= 0.6 is 0 Å². The average Bonchev–Trinajstić information content (AvgIpc) is 3.26. The maximum Gasteiger partial charge on any atom is 0.247 e. The Morgan fingerprint density at radius 1 is 0.789 bits per heavy atom. The van der Waals surface area contributed by atoms with E-state index in [1.165, 1.54) is 16.0 Å². The number of amides is 2. The Bertz CT molecular complexity index is 1200. The summed E-state index contributed by atoms with van der Waals surface area (Å²) in [6, 6.07) is 26.6. The normalized spacial score (nSPS) is 18.8. The van der Waals surface area contributed by atoms with Crippen LogP contribution in [-0.2, 0) is 16.0 Å². The van der Waals surface area contributed by atoms with E-state index in [9.17, 15) is 9.59 Å². The van der Waals surface area contributed by atoms with E-state index in [0.717, 1.165) is 31.7 Å². The Hall–Kier alpha value is -3.68. The number of methoxy groups -OCH3 is 2. The molecule has 198 valence electrons. The minimum atomic E-state index is -0.373. The van der Waals surface area contributed by atoms with E-state index in [1.807, 2.05) is 30.3 Å². The fourth-order valence-corrected chi connectivity index (χ4v) is 5.65. The minimum absolute atomic E-state index is 0.0772. The molecule has 0 bridgehead atoms. The highest BCUT2D eigenvalue weighted by molar-refractivity contribution is 6.05. The van der Waals surface area contributed by atoms with Gasteiger partial charge in [-0.1, -0.05) is 66.7 Å². The summed E-state index contributed by atoms with van der Waals surface area (Å²) in [7, 11) is 3.20. The highest BCUT2D eigenvalue weighted by atomic mass is 16.5. The molecule has 0 saturated carbocycles. The first-order valence-corrected chi connectivity index (χ1v) is 13.2. The molecule has 2 aliphatic rings. The summed E-state index contributed by atoms with van der Waals surface area (Å²) in [6.07, 6.45) is 0.833. The van der Waals surface area contributed by atoms with Gasteiger partial charge in [-0.2, -0.15) is 0 Å². The van der Waals surface area contributed by atoms with Crippen molar-refractivity contribution in [3.05, 3.63) is 95.6 Å². The van der Waals surface area contributed by atoms with Crippen LogP contribution in [0, 0.1) is 0 Å². The number of carbonyl (C=O) groups excluding carboxylic acids is 2. The Kier molecular flexibility index (Phi) is 8.05. The van der Waals surface area contributed by atoms with Crippen LogP contribution < -0.4 is 9.47 Å². The Morgan fingerprint density at radius 3 is 1.97 bits per heavy atom. The molecule has 1 atom stereocenters. The number of nitrogens with zero attached hydrogens (tertiary/aromatic N) is 3. The van der Waals surface area contributed by atoms with Crippen molar-refractivity contribution in [3.63, 3.8) is 0 Å². The van der Waals surface area contributed by atoms with Crippen LogP contribution in [0.2, 0.25) is 0 Å². The lowest BCUT2D eigenvalue weighted by molar-refractivity contribution is -0.139. The van der Waals surface area contributed by atoms with Gasteiger partial charge in [-0.05, 0) is 35.2 Å². The van der Waals surface area contributed by atoms with Gasteiger partial charge in [-0.3, -0.25) is 24.3 Å². The summed E-state index contributed by atoms with van der Waals surface area (Å²) in [5.41, 5.74) is 3.52. The fraction of sp³-hybridized carbons (Fsp3) is 0.355. The first-order chi connectivity index (χ1) is 18.6. The van der Waals surface area contributed by atoms with Crippen molar-refractivity contribution in [3.8, 4) is 11.5 Å². The monoisotopic (exact) mass is 513 g/mol. The molecule has 0 aromatic heterocycles. The molecular formula is C31H35N3O4. The highest BCUT2D eigenvalue weighted by Crippen LogP contribution is 2.31. The maximum atomic E-state index is 13.3. The van der Waals surface area contributed by atoms with Gasteiger partial charge in [0, 0.05) is 32.7 Å². The summed E-state index contributed by atoms with van der Waals surface area (Å²) in [4.78, 5) is 32.3. The zero-order chi connectivity index (χ0) is 26.5. The van der Waals surface area contributed by atoms with E-state index in [1.54, 1.807) is 14.2 Å². The number of rotatable bonds is 9. The number of carbonyl (C=O) groups is 2. The molecule has 3 aromatic carbocycles. The summed E-state index contributed by atoms with van der Waals surface area (Å²) >= 11 is 0. The van der Waals surface area contributed by atoms with E-state index in [2.05, 4.69) is 58.3 Å². The van der Waals surface area contributed by atoms with E-state index >= 15 is 0 Å². The van der Waals surface area contributed by atoms with Crippen LogP contribution in [0.1, 0.15) is 29.2 Å². The largest absolute Gasteiger partial charge is 0.493 e. The molecule has 0 unspecified atom stereocenters. The van der Waals surface area contributed by atoms with Crippen LogP contribution in [0.25, 0.3) is 0 Å². The first kappa shape index (κ1) is 25.9. The SMILES string of the molecule is COc1ccc(CCN2C(=O)C[C@H](N3CCN(C(c4ccccc4)c4ccccc4)CC3)C2=O)cc1OC. The van der Waals surface area contributed by atoms with Gasteiger partial charge in [0.05, 0.1) is 32.7 Å². The van der Waals surface area contributed by atoms with Gasteiger partial charge >= 0.3 is 0 Å². The van der Waals surface area contributed by atoms with Crippen LogP contribution in [0.4, 0.5) is 0 Å². The fourth-order valence-electron chi connectivity index (χ4n) is 5.65. The zero-order valence-corrected chi connectivity index (χ0v) is 22.1. The molecule has 0 radical (unpaired) electrons. The van der Waals surface area contributed by atoms with Crippen molar-refractivity contribution in [2.45, 2.75) is 24.9 Å². The summed E-state index contributed by atoms with van der Waals surface area (Å²) in [5.74, 6) is 1.13. The molecule has 2 saturated heterocycles. The van der Waals surface area contributed by atoms with Crippen molar-refractivity contribution < 1.29 is 19.1 Å². The third-order valence-electron chi connectivity index (χ3n) is 7.68. The molecule has 0 N–H and O–H groups in total. The predicted molar refractivity (Wildman–Crippen MR) is 146 cm³/mol. The van der Waals surface area contributed by atoms with Crippen molar-refractivity contribution in [1.82, 2.24) is 14.7 Å². The number of hydrogen-bond acceptors (Lipinski definition) is 6. The van der Waals surface area contributed by atoms with Gasteiger partial charge < -0.3 is 9.47 Å². The molecule has 7 nitrogen and oxygen atoms in total. The van der Waals surface area contributed by atoms with Gasteiger partial charge in [0.25, 0.3) is 0 Å². The second-order valence-electron chi connectivity index (χ2n) is 9.84. The lowest BCUT2D eigenvalue weighted by Crippen LogP contribution is -2.53. The molecule has 38 heavy (non-hydrogen) atoms. The van der Waals surface area contributed by atoms with Crippen LogP contribution in [-0.4, -0.2) is 79.5 Å². The molecular weight excluding hydrogens is 478 g/mol. The summed E-state index contributed by atoms with van der Waals surface area (Å²) in [5, 5.41) is 0.